The van der Waals surface area contributed by atoms with Crippen molar-refractivity contribution in [3.8, 4) is 0 Å². The number of sulfonamides is 1. The first-order valence-corrected chi connectivity index (χ1v) is 9.06. The van der Waals surface area contributed by atoms with Gasteiger partial charge in [-0.1, -0.05) is 13.8 Å². The fourth-order valence-corrected chi connectivity index (χ4v) is 3.18. The molecule has 1 aromatic rings. The number of benzene rings is 1. The summed E-state index contributed by atoms with van der Waals surface area (Å²) < 4.78 is 27.6. The van der Waals surface area contributed by atoms with Crippen molar-refractivity contribution in [3.05, 3.63) is 23.8 Å². The van der Waals surface area contributed by atoms with Crippen LogP contribution in [-0.2, 0) is 10.0 Å². The Morgan fingerprint density at radius 1 is 1.26 bits per heavy atom. The molecule has 0 unspecified atom stereocenters. The van der Waals surface area contributed by atoms with Gasteiger partial charge in [0.1, 0.15) is 4.90 Å². The summed E-state index contributed by atoms with van der Waals surface area (Å²) in [6, 6.07) is 4.07. The minimum Gasteiger partial charge on any atom is -0.478 e. The van der Waals surface area contributed by atoms with Crippen molar-refractivity contribution in [3.63, 3.8) is 0 Å². The van der Waals surface area contributed by atoms with Crippen LogP contribution in [-0.4, -0.2) is 31.6 Å². The van der Waals surface area contributed by atoms with E-state index < -0.39 is 16.0 Å². The lowest BCUT2D eigenvalue weighted by Crippen LogP contribution is -2.30. The van der Waals surface area contributed by atoms with Crippen LogP contribution in [0.3, 0.4) is 0 Å². The second kappa shape index (κ2) is 7.31. The van der Waals surface area contributed by atoms with Gasteiger partial charge in [0.15, 0.2) is 0 Å². The molecule has 0 fully saturated rings. The van der Waals surface area contributed by atoms with Crippen LogP contribution in [0.5, 0.6) is 0 Å². The molecule has 0 radical (unpaired) electrons. The van der Waals surface area contributed by atoms with Gasteiger partial charge in [-0.15, -0.1) is 0 Å². The molecule has 0 amide bonds. The number of carboxylic acid groups (broad SMARTS) is 1. The number of hydrogen-bond donors (Lipinski definition) is 3. The van der Waals surface area contributed by atoms with E-state index in [0.29, 0.717) is 24.6 Å². The molecule has 0 aliphatic rings. The molecule has 0 aliphatic carbocycles. The van der Waals surface area contributed by atoms with Gasteiger partial charge < -0.3 is 10.4 Å². The second-order valence-corrected chi connectivity index (χ2v) is 8.71. The number of rotatable bonds is 7. The van der Waals surface area contributed by atoms with Gasteiger partial charge in [0.25, 0.3) is 0 Å². The first kappa shape index (κ1) is 19.4. The Morgan fingerprint density at radius 3 is 2.35 bits per heavy atom. The highest BCUT2D eigenvalue weighted by Crippen LogP contribution is 2.26. The number of carboxylic acids is 1. The van der Waals surface area contributed by atoms with E-state index in [-0.39, 0.29) is 16.0 Å². The summed E-state index contributed by atoms with van der Waals surface area (Å²) in [5.41, 5.74) is -0.0271. The summed E-state index contributed by atoms with van der Waals surface area (Å²) >= 11 is 0. The Labute approximate surface area is 138 Å². The van der Waals surface area contributed by atoms with E-state index in [9.17, 15) is 13.2 Å². The van der Waals surface area contributed by atoms with Gasteiger partial charge in [-0.3, -0.25) is 0 Å². The summed E-state index contributed by atoms with van der Waals surface area (Å²) in [7, 11) is -3.79. The average Bonchev–Trinajstić information content (AvgIpc) is 2.35. The average molecular weight is 342 g/mol. The molecule has 1 aromatic carbocycles. The summed E-state index contributed by atoms with van der Waals surface area (Å²) in [6.07, 6.45) is 0.708. The molecule has 1 rings (SSSR count). The highest BCUT2D eigenvalue weighted by Gasteiger charge is 2.23. The van der Waals surface area contributed by atoms with Crippen LogP contribution in [0.4, 0.5) is 5.69 Å². The van der Waals surface area contributed by atoms with Gasteiger partial charge in [0.05, 0.1) is 11.3 Å². The zero-order valence-corrected chi connectivity index (χ0v) is 15.1. The van der Waals surface area contributed by atoms with E-state index in [1.54, 1.807) is 0 Å². The molecule has 0 saturated heterocycles. The van der Waals surface area contributed by atoms with Crippen molar-refractivity contribution >= 4 is 21.7 Å². The third-order valence-electron chi connectivity index (χ3n) is 3.04. The number of anilines is 1. The smallest absolute Gasteiger partial charge is 0.335 e. The van der Waals surface area contributed by atoms with E-state index in [4.69, 9.17) is 5.11 Å². The zero-order chi connectivity index (χ0) is 17.8. The lowest BCUT2D eigenvalue weighted by atomic mass is 10.1. The van der Waals surface area contributed by atoms with Crippen molar-refractivity contribution in [1.29, 1.82) is 0 Å². The summed E-state index contributed by atoms with van der Waals surface area (Å²) in [4.78, 5) is 11.1. The van der Waals surface area contributed by atoms with E-state index in [1.807, 2.05) is 34.6 Å². The molecule has 7 heteroatoms. The number of nitrogens with one attached hydrogen (secondary N) is 2. The van der Waals surface area contributed by atoms with Gasteiger partial charge in [-0.25, -0.2) is 17.9 Å². The largest absolute Gasteiger partial charge is 0.478 e. The fraction of sp³-hybridized carbons (Fsp3) is 0.562. The Morgan fingerprint density at radius 2 is 1.87 bits per heavy atom. The van der Waals surface area contributed by atoms with Crippen molar-refractivity contribution in [1.82, 2.24) is 4.72 Å². The van der Waals surface area contributed by atoms with Gasteiger partial charge in [0, 0.05) is 12.1 Å². The van der Waals surface area contributed by atoms with Crippen LogP contribution < -0.4 is 10.0 Å². The molecule has 0 heterocycles. The quantitative estimate of drug-likeness (QED) is 0.708. The van der Waals surface area contributed by atoms with Gasteiger partial charge >= 0.3 is 5.97 Å². The Hall–Kier alpha value is -1.60. The summed E-state index contributed by atoms with van der Waals surface area (Å²) in [6.45, 7) is 10.0. The number of aromatic carboxylic acids is 1. The number of carbonyl (C=O) groups is 1. The molecular formula is C16H26N2O4S. The molecule has 23 heavy (non-hydrogen) atoms. The maximum Gasteiger partial charge on any atom is 0.335 e. The molecular weight excluding hydrogens is 316 g/mol. The first-order chi connectivity index (χ1) is 10.4. The third-order valence-corrected chi connectivity index (χ3v) is 4.54. The monoisotopic (exact) mass is 342 g/mol. The van der Waals surface area contributed by atoms with Crippen LogP contribution in [0.25, 0.3) is 0 Å². The maximum atomic E-state index is 12.6. The predicted octanol–water partition coefficient (Wildman–Crippen LogP) is 2.92. The first-order valence-electron chi connectivity index (χ1n) is 7.57. The highest BCUT2D eigenvalue weighted by molar-refractivity contribution is 7.89. The molecule has 0 atom stereocenters. The van der Waals surface area contributed by atoms with Crippen LogP contribution in [0.1, 0.15) is 51.4 Å². The third kappa shape index (κ3) is 6.19. The Kier molecular flexibility index (Phi) is 6.18. The van der Waals surface area contributed by atoms with Crippen molar-refractivity contribution in [2.24, 2.45) is 5.92 Å². The molecule has 130 valence electrons. The van der Waals surface area contributed by atoms with Gasteiger partial charge in [-0.2, -0.15) is 0 Å². The van der Waals surface area contributed by atoms with Crippen molar-refractivity contribution < 1.29 is 18.3 Å². The number of hydrogen-bond acceptors (Lipinski definition) is 4. The normalized spacial score (nSPS) is 12.4. The van der Waals surface area contributed by atoms with Crippen molar-refractivity contribution in [2.75, 3.05) is 11.9 Å². The lowest BCUT2D eigenvalue weighted by molar-refractivity contribution is 0.0696. The van der Waals surface area contributed by atoms with Crippen LogP contribution in [0.15, 0.2) is 23.1 Å². The van der Waals surface area contributed by atoms with Crippen LogP contribution >= 0.6 is 0 Å². The van der Waals surface area contributed by atoms with E-state index in [2.05, 4.69) is 10.0 Å². The van der Waals surface area contributed by atoms with Crippen molar-refractivity contribution in [2.45, 2.75) is 51.5 Å². The Bertz CT molecular complexity index is 661. The molecule has 6 nitrogen and oxygen atoms in total. The topological polar surface area (TPSA) is 95.5 Å². The van der Waals surface area contributed by atoms with Gasteiger partial charge in [-0.05, 0) is 51.3 Å². The molecule has 0 aliphatic heterocycles. The highest BCUT2D eigenvalue weighted by atomic mass is 32.2. The van der Waals surface area contributed by atoms with Gasteiger partial charge in [0.2, 0.25) is 10.0 Å². The second-order valence-electron chi connectivity index (χ2n) is 6.97. The molecule has 0 saturated carbocycles. The standard InChI is InChI=1S/C16H26N2O4S/c1-11(2)8-9-17-23(21,22)14-10-12(15(19)20)6-7-13(14)18-16(3,4)5/h6-7,10-11,17-18H,8-9H2,1-5H3,(H,19,20). The summed E-state index contributed by atoms with van der Waals surface area (Å²) in [5, 5.41) is 12.2. The molecule has 0 spiro atoms. The van der Waals surface area contributed by atoms with E-state index in [0.717, 1.165) is 0 Å². The predicted molar refractivity (Wildman–Crippen MR) is 91.4 cm³/mol. The lowest BCUT2D eigenvalue weighted by Gasteiger charge is -2.24. The van der Waals surface area contributed by atoms with Crippen LogP contribution in [0, 0.1) is 5.92 Å². The SMILES string of the molecule is CC(C)CCNS(=O)(=O)c1cc(C(=O)O)ccc1NC(C)(C)C. The van der Waals surface area contributed by atoms with E-state index in [1.165, 1.54) is 18.2 Å². The fourth-order valence-electron chi connectivity index (χ4n) is 1.94. The Balaban J connectivity index is 3.22. The van der Waals surface area contributed by atoms with E-state index >= 15 is 0 Å². The minimum atomic E-state index is -3.79. The molecule has 0 aromatic heterocycles. The van der Waals surface area contributed by atoms with Crippen LogP contribution in [0.2, 0.25) is 0 Å². The maximum absolute atomic E-state index is 12.6. The zero-order valence-electron chi connectivity index (χ0n) is 14.3. The minimum absolute atomic E-state index is 0.0453. The molecule has 0 bridgehead atoms. The summed E-state index contributed by atoms with van der Waals surface area (Å²) in [5.74, 6) is -0.791. The molecule has 3 N–H and O–H groups in total.